The summed E-state index contributed by atoms with van der Waals surface area (Å²) in [4.78, 5) is 17.8. The summed E-state index contributed by atoms with van der Waals surface area (Å²) in [6.45, 7) is 5.41. The van der Waals surface area contributed by atoms with E-state index >= 15 is 0 Å². The van der Waals surface area contributed by atoms with Gasteiger partial charge in [0.1, 0.15) is 18.0 Å². The van der Waals surface area contributed by atoms with E-state index in [9.17, 15) is 13.6 Å². The summed E-state index contributed by atoms with van der Waals surface area (Å²) in [5.41, 5.74) is 0.947. The Morgan fingerprint density at radius 3 is 2.81 bits per heavy atom. The lowest BCUT2D eigenvalue weighted by atomic mass is 9.86. The van der Waals surface area contributed by atoms with Crippen LogP contribution in [0, 0.1) is 18.6 Å². The predicted molar refractivity (Wildman–Crippen MR) is 112 cm³/mol. The van der Waals surface area contributed by atoms with Crippen LogP contribution < -0.4 is 4.74 Å². The molecule has 5 nitrogen and oxygen atoms in total. The molecule has 1 aromatic heterocycles. The molecule has 1 aliphatic heterocycles. The molecular formula is C24H28F2N2O3. The summed E-state index contributed by atoms with van der Waals surface area (Å²) in [5.74, 6) is -0.867. The molecule has 1 aromatic carbocycles. The standard InChI is InChI=1S/C24H28F2N2O3/c1-17-20(5-4-6-21(17)25)24(31-16-29)8-7-18(14-24)19-13-22(26)23(27-15-19)30-12-11-28-9-2-3-10-28/h4-6,13,15-16,18H,2-3,7-12,14H2,1H3. The zero-order chi connectivity index (χ0) is 21.8. The van der Waals surface area contributed by atoms with Gasteiger partial charge in [-0.25, -0.2) is 13.8 Å². The van der Waals surface area contributed by atoms with E-state index in [0.29, 0.717) is 43.5 Å². The van der Waals surface area contributed by atoms with Gasteiger partial charge in [0.05, 0.1) is 0 Å². The van der Waals surface area contributed by atoms with Crippen LogP contribution in [0.5, 0.6) is 5.88 Å². The van der Waals surface area contributed by atoms with Crippen molar-refractivity contribution in [2.75, 3.05) is 26.2 Å². The van der Waals surface area contributed by atoms with Gasteiger partial charge in [-0.1, -0.05) is 12.1 Å². The molecule has 0 amide bonds. The summed E-state index contributed by atoms with van der Waals surface area (Å²) in [5, 5.41) is 0. The molecule has 2 fully saturated rings. The van der Waals surface area contributed by atoms with Crippen molar-refractivity contribution < 1.29 is 23.0 Å². The SMILES string of the molecule is Cc1c(F)cccc1C1(OC=O)CCC(c2cnc(OCCN3CCCC3)c(F)c2)C1. The third-order valence-corrected chi connectivity index (χ3v) is 6.65. The van der Waals surface area contributed by atoms with E-state index in [2.05, 4.69) is 9.88 Å². The van der Waals surface area contributed by atoms with E-state index in [0.717, 1.165) is 25.2 Å². The molecule has 2 atom stereocenters. The third-order valence-electron chi connectivity index (χ3n) is 6.65. The van der Waals surface area contributed by atoms with Crippen LogP contribution in [0.4, 0.5) is 8.78 Å². The number of rotatable bonds is 8. The van der Waals surface area contributed by atoms with Gasteiger partial charge in [-0.3, -0.25) is 9.69 Å². The highest BCUT2D eigenvalue weighted by Gasteiger charge is 2.44. The van der Waals surface area contributed by atoms with Gasteiger partial charge in [0.15, 0.2) is 5.82 Å². The Hall–Kier alpha value is -2.54. The fourth-order valence-corrected chi connectivity index (χ4v) is 4.95. The first-order valence-electron chi connectivity index (χ1n) is 10.9. The van der Waals surface area contributed by atoms with Gasteiger partial charge in [0.25, 0.3) is 6.47 Å². The molecule has 2 aromatic rings. The number of ether oxygens (including phenoxy) is 2. The van der Waals surface area contributed by atoms with Crippen LogP contribution in [0.1, 0.15) is 54.7 Å². The second-order valence-corrected chi connectivity index (χ2v) is 8.51. The van der Waals surface area contributed by atoms with Gasteiger partial charge >= 0.3 is 0 Å². The lowest BCUT2D eigenvalue weighted by Gasteiger charge is -2.30. The molecule has 1 saturated carbocycles. The summed E-state index contributed by atoms with van der Waals surface area (Å²) in [6, 6.07) is 6.26. The molecule has 2 aliphatic rings. The number of carbonyl (C=O) groups is 1. The Balaban J connectivity index is 1.46. The lowest BCUT2D eigenvalue weighted by molar-refractivity contribution is -0.144. The van der Waals surface area contributed by atoms with E-state index in [1.165, 1.54) is 25.0 Å². The van der Waals surface area contributed by atoms with E-state index in [-0.39, 0.29) is 17.6 Å². The van der Waals surface area contributed by atoms with Crippen molar-refractivity contribution in [2.45, 2.75) is 50.5 Å². The number of aromatic nitrogens is 1. The van der Waals surface area contributed by atoms with E-state index in [4.69, 9.17) is 9.47 Å². The van der Waals surface area contributed by atoms with Crippen LogP contribution in [-0.4, -0.2) is 42.6 Å². The summed E-state index contributed by atoms with van der Waals surface area (Å²) in [7, 11) is 0. The Morgan fingerprint density at radius 1 is 1.26 bits per heavy atom. The molecule has 0 bridgehead atoms. The van der Waals surface area contributed by atoms with Gasteiger partial charge < -0.3 is 9.47 Å². The Labute approximate surface area is 181 Å². The topological polar surface area (TPSA) is 51.7 Å². The number of benzene rings is 1. The van der Waals surface area contributed by atoms with Crippen molar-refractivity contribution in [1.82, 2.24) is 9.88 Å². The number of likely N-dealkylation sites (tertiary alicyclic amines) is 1. The first-order chi connectivity index (χ1) is 15.0. The lowest BCUT2D eigenvalue weighted by Crippen LogP contribution is -2.27. The van der Waals surface area contributed by atoms with Crippen LogP contribution in [0.2, 0.25) is 0 Å². The zero-order valence-electron chi connectivity index (χ0n) is 17.8. The van der Waals surface area contributed by atoms with Gasteiger partial charge in [0.2, 0.25) is 5.88 Å². The maximum Gasteiger partial charge on any atom is 0.293 e. The Kier molecular flexibility index (Phi) is 6.51. The quantitative estimate of drug-likeness (QED) is 0.578. The number of halogens is 2. The van der Waals surface area contributed by atoms with Crippen molar-refractivity contribution in [3.05, 3.63) is 58.8 Å². The highest BCUT2D eigenvalue weighted by molar-refractivity contribution is 5.43. The van der Waals surface area contributed by atoms with E-state index in [1.807, 2.05) is 0 Å². The normalized spacial score (nSPS) is 23.8. The molecule has 0 radical (unpaired) electrons. The fourth-order valence-electron chi connectivity index (χ4n) is 4.95. The Bertz CT molecular complexity index is 933. The van der Waals surface area contributed by atoms with Crippen molar-refractivity contribution in [2.24, 2.45) is 0 Å². The van der Waals surface area contributed by atoms with Crippen LogP contribution in [0.3, 0.4) is 0 Å². The average Bonchev–Trinajstić information content (AvgIpc) is 3.42. The molecule has 31 heavy (non-hydrogen) atoms. The molecule has 1 aliphatic carbocycles. The molecule has 4 rings (SSSR count). The minimum atomic E-state index is -0.917. The summed E-state index contributed by atoms with van der Waals surface area (Å²) in [6.07, 6.45) is 5.71. The van der Waals surface area contributed by atoms with Gasteiger partial charge in [0, 0.05) is 18.3 Å². The first kappa shape index (κ1) is 21.7. The van der Waals surface area contributed by atoms with Crippen LogP contribution >= 0.6 is 0 Å². The second-order valence-electron chi connectivity index (χ2n) is 8.51. The third kappa shape index (κ3) is 4.56. The van der Waals surface area contributed by atoms with Gasteiger partial charge in [-0.2, -0.15) is 0 Å². The highest BCUT2D eigenvalue weighted by atomic mass is 19.1. The minimum Gasteiger partial charge on any atom is -0.474 e. The summed E-state index contributed by atoms with van der Waals surface area (Å²) < 4.78 is 39.9. The largest absolute Gasteiger partial charge is 0.474 e. The molecule has 0 spiro atoms. The Morgan fingerprint density at radius 2 is 2.06 bits per heavy atom. The highest BCUT2D eigenvalue weighted by Crippen LogP contribution is 2.50. The predicted octanol–water partition coefficient (Wildman–Crippen LogP) is 4.48. The smallest absolute Gasteiger partial charge is 0.293 e. The van der Waals surface area contributed by atoms with Crippen LogP contribution in [0.25, 0.3) is 0 Å². The van der Waals surface area contributed by atoms with Crippen molar-refractivity contribution in [1.29, 1.82) is 0 Å². The molecule has 166 valence electrons. The number of nitrogens with zero attached hydrogens (tertiary/aromatic N) is 2. The average molecular weight is 430 g/mol. The number of carbonyl (C=O) groups excluding carboxylic acids is 1. The number of hydrogen-bond donors (Lipinski definition) is 0. The molecule has 7 heteroatoms. The second kappa shape index (κ2) is 9.30. The maximum absolute atomic E-state index is 14.6. The van der Waals surface area contributed by atoms with Crippen LogP contribution in [0.15, 0.2) is 30.5 Å². The monoisotopic (exact) mass is 430 g/mol. The maximum atomic E-state index is 14.6. The molecule has 2 heterocycles. The van der Waals surface area contributed by atoms with Gasteiger partial charge in [-0.15, -0.1) is 0 Å². The van der Waals surface area contributed by atoms with E-state index in [1.54, 1.807) is 25.3 Å². The minimum absolute atomic E-state index is 0.0114. The van der Waals surface area contributed by atoms with Crippen molar-refractivity contribution in [3.63, 3.8) is 0 Å². The molecule has 0 N–H and O–H groups in total. The number of hydrogen-bond acceptors (Lipinski definition) is 5. The van der Waals surface area contributed by atoms with Gasteiger partial charge in [-0.05, 0) is 81.3 Å². The molecular weight excluding hydrogens is 402 g/mol. The van der Waals surface area contributed by atoms with Crippen LogP contribution in [-0.2, 0) is 15.1 Å². The number of pyridine rings is 1. The van der Waals surface area contributed by atoms with Crippen molar-refractivity contribution >= 4 is 6.47 Å². The molecule has 2 unspecified atom stereocenters. The van der Waals surface area contributed by atoms with E-state index < -0.39 is 11.4 Å². The zero-order valence-corrected chi connectivity index (χ0v) is 17.8. The van der Waals surface area contributed by atoms with Crippen molar-refractivity contribution in [3.8, 4) is 5.88 Å². The first-order valence-corrected chi connectivity index (χ1v) is 10.9. The summed E-state index contributed by atoms with van der Waals surface area (Å²) >= 11 is 0. The molecule has 1 saturated heterocycles. The fraction of sp³-hybridized carbons (Fsp3) is 0.500.